The predicted octanol–water partition coefficient (Wildman–Crippen LogP) is 4.13. The Hall–Kier alpha value is -0.590. The number of hydrogen-bond donors (Lipinski definition) is 0. The van der Waals surface area contributed by atoms with Crippen molar-refractivity contribution in [2.24, 2.45) is 0 Å². The van der Waals surface area contributed by atoms with E-state index in [1.54, 1.807) is 18.3 Å². The van der Waals surface area contributed by atoms with E-state index in [1.807, 2.05) is 26.0 Å². The first-order valence-electron chi connectivity index (χ1n) is 6.05. The first-order valence-corrected chi connectivity index (χ1v) is 9.74. The van der Waals surface area contributed by atoms with Crippen LogP contribution >= 0.6 is 31.9 Å². The zero-order valence-corrected chi connectivity index (χ0v) is 15.2. The predicted molar refractivity (Wildman–Crippen MR) is 88.2 cm³/mol. The average Bonchev–Trinajstić information content (AvgIpc) is 2.76. The van der Waals surface area contributed by atoms with E-state index in [2.05, 4.69) is 31.9 Å². The summed E-state index contributed by atoms with van der Waals surface area (Å²) < 4.78 is 26.8. The van der Waals surface area contributed by atoms with Crippen molar-refractivity contribution in [2.75, 3.05) is 0 Å². The van der Waals surface area contributed by atoms with Crippen molar-refractivity contribution < 1.29 is 8.42 Å². The molecule has 0 saturated heterocycles. The molecule has 0 radical (unpaired) electrons. The van der Waals surface area contributed by atoms with E-state index in [0.717, 1.165) is 22.4 Å². The van der Waals surface area contributed by atoms with E-state index >= 15 is 0 Å². The van der Waals surface area contributed by atoms with Gasteiger partial charge in [-0.15, -0.1) is 0 Å². The maximum Gasteiger partial charge on any atom is 0.267 e. The van der Waals surface area contributed by atoms with Crippen LogP contribution in [0.4, 0.5) is 0 Å². The van der Waals surface area contributed by atoms with E-state index in [0.29, 0.717) is 15.6 Å². The average molecular weight is 421 g/mol. The molecule has 0 atom stereocenters. The minimum Gasteiger partial charge on any atom is -0.246 e. The van der Waals surface area contributed by atoms with Gasteiger partial charge in [0.2, 0.25) is 0 Å². The van der Waals surface area contributed by atoms with Gasteiger partial charge in [-0.05, 0) is 37.1 Å². The summed E-state index contributed by atoms with van der Waals surface area (Å²) in [4.78, 5) is 0.309. The maximum absolute atomic E-state index is 12.7. The van der Waals surface area contributed by atoms with Gasteiger partial charge in [0, 0.05) is 22.6 Å². The Labute approximate surface area is 136 Å². The summed E-state index contributed by atoms with van der Waals surface area (Å²) in [7, 11) is -3.53. The number of benzene rings is 1. The minimum atomic E-state index is -3.53. The van der Waals surface area contributed by atoms with Gasteiger partial charge in [-0.3, -0.25) is 0 Å². The molecule has 6 heteroatoms. The second kappa shape index (κ2) is 6.03. The van der Waals surface area contributed by atoms with Crippen molar-refractivity contribution >= 4 is 41.9 Å². The highest BCUT2D eigenvalue weighted by atomic mass is 79.9. The molecular weight excluding hydrogens is 406 g/mol. The summed E-state index contributed by atoms with van der Waals surface area (Å²) in [5.74, 6) is 0. The van der Waals surface area contributed by atoms with Gasteiger partial charge in [0.25, 0.3) is 10.0 Å². The molecule has 0 aliphatic carbocycles. The van der Waals surface area contributed by atoms with Gasteiger partial charge in [-0.25, -0.2) is 12.4 Å². The normalized spacial score (nSPS) is 11.8. The van der Waals surface area contributed by atoms with Crippen LogP contribution in [-0.4, -0.2) is 12.4 Å². The van der Waals surface area contributed by atoms with Crippen molar-refractivity contribution in [2.45, 2.75) is 29.4 Å². The van der Waals surface area contributed by atoms with Gasteiger partial charge < -0.3 is 0 Å². The molecule has 1 aromatic carbocycles. The molecule has 2 rings (SSSR count). The van der Waals surface area contributed by atoms with Crippen LogP contribution < -0.4 is 0 Å². The Bertz CT molecular complexity index is 718. The second-order valence-corrected chi connectivity index (χ2v) is 7.54. The number of halogens is 2. The van der Waals surface area contributed by atoms with Crippen LogP contribution in [-0.2, 0) is 20.7 Å². The molecule has 1 aromatic heterocycles. The monoisotopic (exact) mass is 419 g/mol. The van der Waals surface area contributed by atoms with Crippen LogP contribution in [0, 0.1) is 13.8 Å². The van der Waals surface area contributed by atoms with Crippen LogP contribution in [0.3, 0.4) is 0 Å². The molecule has 3 nitrogen and oxygen atoms in total. The Morgan fingerprint density at radius 1 is 1.05 bits per heavy atom. The van der Waals surface area contributed by atoms with E-state index in [9.17, 15) is 8.42 Å². The Kier molecular flexibility index (Phi) is 4.76. The third-order valence-electron chi connectivity index (χ3n) is 3.28. The second-order valence-electron chi connectivity index (χ2n) is 4.60. The lowest BCUT2D eigenvalue weighted by molar-refractivity contribution is 0.586. The van der Waals surface area contributed by atoms with Crippen LogP contribution in [0.15, 0.2) is 35.4 Å². The van der Waals surface area contributed by atoms with Crippen molar-refractivity contribution in [1.82, 2.24) is 3.97 Å². The fourth-order valence-corrected chi connectivity index (χ4v) is 4.75. The molecule has 1 heterocycles. The molecule has 0 amide bonds. The van der Waals surface area contributed by atoms with Gasteiger partial charge in [0.05, 0.1) is 4.90 Å². The number of aromatic nitrogens is 1. The molecule has 2 aromatic rings. The molecule has 0 N–H and O–H groups in total. The lowest BCUT2D eigenvalue weighted by Gasteiger charge is -2.09. The van der Waals surface area contributed by atoms with Gasteiger partial charge >= 0.3 is 0 Å². The highest BCUT2D eigenvalue weighted by molar-refractivity contribution is 9.09. The number of alkyl halides is 2. The molecule has 0 fully saturated rings. The fraction of sp³-hybridized carbons (Fsp3) is 0.286. The maximum atomic E-state index is 12.7. The molecule has 0 aliphatic heterocycles. The van der Waals surface area contributed by atoms with E-state index in [4.69, 9.17) is 0 Å². The Morgan fingerprint density at radius 2 is 1.65 bits per heavy atom. The minimum absolute atomic E-state index is 0.309. The fourth-order valence-electron chi connectivity index (χ4n) is 2.05. The molecule has 0 saturated carbocycles. The largest absolute Gasteiger partial charge is 0.267 e. The van der Waals surface area contributed by atoms with Crippen molar-refractivity contribution in [3.8, 4) is 0 Å². The van der Waals surface area contributed by atoms with Crippen molar-refractivity contribution in [3.63, 3.8) is 0 Å². The van der Waals surface area contributed by atoms with Crippen LogP contribution in [0.25, 0.3) is 0 Å². The standard InChI is InChI=1S/C14H15Br2NO2S/c1-10-3-5-13(6-4-10)20(18,19)17-9-12(7-15)14(8-16)11(17)2/h3-6,9H,7-8H2,1-2H3. The number of nitrogens with zero attached hydrogens (tertiary/aromatic N) is 1. The number of rotatable bonds is 4. The smallest absolute Gasteiger partial charge is 0.246 e. The first-order chi connectivity index (χ1) is 9.41. The molecule has 0 aliphatic rings. The highest BCUT2D eigenvalue weighted by Crippen LogP contribution is 2.26. The van der Waals surface area contributed by atoms with Gasteiger partial charge in [0.15, 0.2) is 0 Å². The third-order valence-corrected chi connectivity index (χ3v) is 6.21. The zero-order chi connectivity index (χ0) is 14.9. The quantitative estimate of drug-likeness (QED) is 0.697. The Morgan fingerprint density at radius 3 is 2.10 bits per heavy atom. The summed E-state index contributed by atoms with van der Waals surface area (Å²) >= 11 is 6.82. The van der Waals surface area contributed by atoms with Gasteiger partial charge in [-0.2, -0.15) is 0 Å². The van der Waals surface area contributed by atoms with E-state index < -0.39 is 10.0 Å². The zero-order valence-electron chi connectivity index (χ0n) is 11.2. The molecule has 20 heavy (non-hydrogen) atoms. The summed E-state index contributed by atoms with van der Waals surface area (Å²) in [6, 6.07) is 6.91. The van der Waals surface area contributed by atoms with E-state index in [-0.39, 0.29) is 0 Å². The summed E-state index contributed by atoms with van der Waals surface area (Å²) in [5.41, 5.74) is 3.78. The van der Waals surface area contributed by atoms with Crippen LogP contribution in [0.2, 0.25) is 0 Å². The molecule has 0 spiro atoms. The third kappa shape index (κ3) is 2.73. The Balaban J connectivity index is 2.60. The molecule has 108 valence electrons. The highest BCUT2D eigenvalue weighted by Gasteiger charge is 2.22. The van der Waals surface area contributed by atoms with Crippen LogP contribution in [0.1, 0.15) is 22.4 Å². The molecule has 0 bridgehead atoms. The topological polar surface area (TPSA) is 39.1 Å². The lowest BCUT2D eigenvalue weighted by atomic mass is 10.2. The summed E-state index contributed by atoms with van der Waals surface area (Å²) in [6.45, 7) is 3.76. The number of aryl methyl sites for hydroxylation is 1. The SMILES string of the molecule is Cc1ccc(S(=O)(=O)n2cc(CBr)c(CBr)c2C)cc1. The van der Waals surface area contributed by atoms with Crippen molar-refractivity contribution in [1.29, 1.82) is 0 Å². The van der Waals surface area contributed by atoms with Gasteiger partial charge in [-0.1, -0.05) is 49.6 Å². The summed E-state index contributed by atoms with van der Waals surface area (Å²) in [6.07, 6.45) is 1.69. The summed E-state index contributed by atoms with van der Waals surface area (Å²) in [5, 5.41) is 1.27. The number of hydrogen-bond acceptors (Lipinski definition) is 2. The lowest BCUT2D eigenvalue weighted by Crippen LogP contribution is -2.13. The molecule has 0 unspecified atom stereocenters. The first kappa shape index (κ1) is 15.8. The van der Waals surface area contributed by atoms with Crippen molar-refractivity contribution in [3.05, 3.63) is 52.8 Å². The van der Waals surface area contributed by atoms with Gasteiger partial charge in [0.1, 0.15) is 0 Å². The van der Waals surface area contributed by atoms with Crippen LogP contribution in [0.5, 0.6) is 0 Å². The molecular formula is C14H15Br2NO2S. The van der Waals surface area contributed by atoms with E-state index in [1.165, 1.54) is 3.97 Å².